The van der Waals surface area contributed by atoms with Crippen LogP contribution in [0.2, 0.25) is 5.02 Å². The highest BCUT2D eigenvalue weighted by molar-refractivity contribution is 6.30. The molecular weight excluding hydrogens is 382 g/mol. The quantitative estimate of drug-likeness (QED) is 0.536. The number of Topliss-reactive ketones (excluding diaryl/α,β-unsaturated/α-hetero) is 1. The highest BCUT2D eigenvalue weighted by Crippen LogP contribution is 2.21. The van der Waals surface area contributed by atoms with Crippen molar-refractivity contribution in [3.8, 4) is 5.75 Å². The van der Waals surface area contributed by atoms with Crippen LogP contribution in [0.15, 0.2) is 48.5 Å². The predicted octanol–water partition coefficient (Wildman–Crippen LogP) is 3.73. The number of ether oxygens (including phenoxy) is 2. The van der Waals surface area contributed by atoms with Gasteiger partial charge < -0.3 is 14.8 Å². The van der Waals surface area contributed by atoms with Crippen LogP contribution in [0, 0.1) is 0 Å². The van der Waals surface area contributed by atoms with Crippen molar-refractivity contribution in [1.82, 2.24) is 5.32 Å². The van der Waals surface area contributed by atoms with Crippen molar-refractivity contribution in [3.63, 3.8) is 0 Å². The molecule has 0 aliphatic heterocycles. The number of methoxy groups -OCH3 is 1. The van der Waals surface area contributed by atoms with E-state index < -0.39 is 24.0 Å². The molecular formula is C21H22ClNO5. The molecule has 0 heterocycles. The number of esters is 1. The topological polar surface area (TPSA) is 81.7 Å². The number of rotatable bonds is 8. The van der Waals surface area contributed by atoms with Crippen LogP contribution in [-0.2, 0) is 14.3 Å². The van der Waals surface area contributed by atoms with Gasteiger partial charge in [-0.1, -0.05) is 35.9 Å². The summed E-state index contributed by atoms with van der Waals surface area (Å²) in [6, 6.07) is 12.8. The summed E-state index contributed by atoms with van der Waals surface area (Å²) in [5.41, 5.74) is 1.21. The Morgan fingerprint density at radius 2 is 1.79 bits per heavy atom. The number of amides is 1. The van der Waals surface area contributed by atoms with Crippen molar-refractivity contribution in [2.75, 3.05) is 7.11 Å². The molecule has 1 amide bonds. The zero-order valence-electron chi connectivity index (χ0n) is 15.9. The summed E-state index contributed by atoms with van der Waals surface area (Å²) in [5, 5.41) is 3.35. The lowest BCUT2D eigenvalue weighted by Gasteiger charge is -2.21. The second-order valence-corrected chi connectivity index (χ2v) is 6.67. The molecule has 2 unspecified atom stereocenters. The summed E-state index contributed by atoms with van der Waals surface area (Å²) in [5.74, 6) is -0.546. The molecule has 1 N–H and O–H groups in total. The minimum absolute atomic E-state index is 0.0313. The third kappa shape index (κ3) is 6.09. The maximum Gasteiger partial charge on any atom is 0.307 e. The second-order valence-electron chi connectivity index (χ2n) is 6.24. The number of carbonyl (C=O) groups is 3. The van der Waals surface area contributed by atoms with E-state index in [0.29, 0.717) is 21.9 Å². The van der Waals surface area contributed by atoms with E-state index >= 15 is 0 Å². The van der Waals surface area contributed by atoms with Gasteiger partial charge in [0.15, 0.2) is 11.9 Å². The lowest BCUT2D eigenvalue weighted by Crippen LogP contribution is -2.39. The summed E-state index contributed by atoms with van der Waals surface area (Å²) in [6.07, 6.45) is -0.870. The Labute approximate surface area is 168 Å². The molecule has 2 aromatic carbocycles. The Balaban J connectivity index is 2.10. The van der Waals surface area contributed by atoms with Gasteiger partial charge in [0.2, 0.25) is 0 Å². The molecule has 0 saturated heterocycles. The Kier molecular flexibility index (Phi) is 7.58. The van der Waals surface area contributed by atoms with Crippen molar-refractivity contribution in [1.29, 1.82) is 0 Å². The minimum Gasteiger partial charge on any atom is -0.481 e. The van der Waals surface area contributed by atoms with E-state index in [0.717, 1.165) is 0 Å². The second kappa shape index (κ2) is 9.90. The van der Waals surface area contributed by atoms with Crippen LogP contribution in [0.4, 0.5) is 0 Å². The van der Waals surface area contributed by atoms with Crippen LogP contribution in [0.25, 0.3) is 0 Å². The van der Waals surface area contributed by atoms with Crippen LogP contribution >= 0.6 is 11.6 Å². The molecule has 0 aliphatic rings. The van der Waals surface area contributed by atoms with E-state index in [-0.39, 0.29) is 12.2 Å². The maximum absolute atomic E-state index is 12.6. The number of hydrogen-bond donors (Lipinski definition) is 1. The van der Waals surface area contributed by atoms with E-state index in [4.69, 9.17) is 21.1 Å². The van der Waals surface area contributed by atoms with Gasteiger partial charge in [-0.05, 0) is 43.7 Å². The zero-order chi connectivity index (χ0) is 20.7. The number of halogens is 1. The van der Waals surface area contributed by atoms with Gasteiger partial charge in [-0.25, -0.2) is 0 Å². The highest BCUT2D eigenvalue weighted by Gasteiger charge is 2.23. The third-order valence-electron chi connectivity index (χ3n) is 4.11. The molecule has 0 aromatic heterocycles. The Morgan fingerprint density at radius 1 is 1.11 bits per heavy atom. The van der Waals surface area contributed by atoms with Crippen molar-refractivity contribution in [3.05, 3.63) is 64.7 Å². The van der Waals surface area contributed by atoms with Crippen LogP contribution in [0.5, 0.6) is 5.75 Å². The van der Waals surface area contributed by atoms with Crippen molar-refractivity contribution in [2.45, 2.75) is 32.4 Å². The van der Waals surface area contributed by atoms with Gasteiger partial charge in [0, 0.05) is 10.6 Å². The monoisotopic (exact) mass is 403 g/mol. The van der Waals surface area contributed by atoms with Gasteiger partial charge in [-0.3, -0.25) is 14.4 Å². The molecule has 0 aliphatic carbocycles. The molecule has 0 fully saturated rings. The molecule has 7 heteroatoms. The standard InChI is InChI=1S/C21H22ClNO5/c1-13(24)16-5-4-6-18(11-16)28-14(2)21(26)23-19(12-20(25)27-3)15-7-9-17(22)10-8-15/h4-11,14,19H,12H2,1-3H3,(H,23,26). The lowest BCUT2D eigenvalue weighted by atomic mass is 10.0. The third-order valence-corrected chi connectivity index (χ3v) is 4.36. The number of hydrogen-bond acceptors (Lipinski definition) is 5. The first-order valence-corrected chi connectivity index (χ1v) is 9.08. The van der Waals surface area contributed by atoms with Gasteiger partial charge in [0.25, 0.3) is 5.91 Å². The van der Waals surface area contributed by atoms with Gasteiger partial charge in [0.1, 0.15) is 5.75 Å². The first kappa shape index (κ1) is 21.4. The molecule has 2 atom stereocenters. The van der Waals surface area contributed by atoms with E-state index in [2.05, 4.69) is 5.32 Å². The van der Waals surface area contributed by atoms with Gasteiger partial charge in [-0.2, -0.15) is 0 Å². The van der Waals surface area contributed by atoms with Crippen LogP contribution in [0.3, 0.4) is 0 Å². The average Bonchev–Trinajstić information content (AvgIpc) is 2.68. The molecule has 28 heavy (non-hydrogen) atoms. The molecule has 6 nitrogen and oxygen atoms in total. The molecule has 0 spiro atoms. The fourth-order valence-corrected chi connectivity index (χ4v) is 2.66. The summed E-state index contributed by atoms with van der Waals surface area (Å²) >= 11 is 5.91. The molecule has 2 aromatic rings. The lowest BCUT2D eigenvalue weighted by molar-refractivity contribution is -0.141. The fourth-order valence-electron chi connectivity index (χ4n) is 2.53. The summed E-state index contributed by atoms with van der Waals surface area (Å²) in [6.45, 7) is 3.05. The zero-order valence-corrected chi connectivity index (χ0v) is 16.7. The fraction of sp³-hybridized carbons (Fsp3) is 0.286. The summed E-state index contributed by atoms with van der Waals surface area (Å²) < 4.78 is 10.4. The Morgan fingerprint density at radius 3 is 2.39 bits per heavy atom. The number of carbonyl (C=O) groups excluding carboxylic acids is 3. The number of benzene rings is 2. The van der Waals surface area contributed by atoms with Crippen molar-refractivity contribution >= 4 is 29.3 Å². The highest BCUT2D eigenvalue weighted by atomic mass is 35.5. The Hall–Kier alpha value is -2.86. The summed E-state index contributed by atoms with van der Waals surface area (Å²) in [4.78, 5) is 35.8. The molecule has 0 radical (unpaired) electrons. The van der Waals surface area contributed by atoms with E-state index in [1.807, 2.05) is 0 Å². The largest absolute Gasteiger partial charge is 0.481 e. The molecule has 2 rings (SSSR count). The predicted molar refractivity (Wildman–Crippen MR) is 106 cm³/mol. The molecule has 0 saturated carbocycles. The van der Waals surface area contributed by atoms with Gasteiger partial charge in [0.05, 0.1) is 19.6 Å². The van der Waals surface area contributed by atoms with Crippen molar-refractivity contribution in [2.24, 2.45) is 0 Å². The van der Waals surface area contributed by atoms with E-state index in [1.165, 1.54) is 14.0 Å². The summed E-state index contributed by atoms with van der Waals surface area (Å²) in [7, 11) is 1.29. The van der Waals surface area contributed by atoms with Gasteiger partial charge >= 0.3 is 5.97 Å². The minimum atomic E-state index is -0.838. The smallest absolute Gasteiger partial charge is 0.307 e. The first-order chi connectivity index (χ1) is 13.3. The maximum atomic E-state index is 12.6. The van der Waals surface area contributed by atoms with Gasteiger partial charge in [-0.15, -0.1) is 0 Å². The number of ketones is 1. The van der Waals surface area contributed by atoms with Crippen LogP contribution in [0.1, 0.15) is 42.2 Å². The average molecular weight is 404 g/mol. The van der Waals surface area contributed by atoms with Crippen molar-refractivity contribution < 1.29 is 23.9 Å². The van der Waals surface area contributed by atoms with E-state index in [9.17, 15) is 14.4 Å². The van der Waals surface area contributed by atoms with E-state index in [1.54, 1.807) is 55.5 Å². The number of nitrogens with one attached hydrogen (secondary N) is 1. The normalized spacial score (nSPS) is 12.6. The van der Waals surface area contributed by atoms with Crippen LogP contribution in [-0.4, -0.2) is 30.9 Å². The molecule has 148 valence electrons. The Bertz CT molecular complexity index is 850. The SMILES string of the molecule is COC(=O)CC(NC(=O)C(C)Oc1cccc(C(C)=O)c1)c1ccc(Cl)cc1. The first-order valence-electron chi connectivity index (χ1n) is 8.70. The van der Waals surface area contributed by atoms with Crippen LogP contribution < -0.4 is 10.1 Å². The molecule has 0 bridgehead atoms.